The first-order chi connectivity index (χ1) is 16.4. The zero-order valence-corrected chi connectivity index (χ0v) is 19.4. The van der Waals surface area contributed by atoms with Gasteiger partial charge >= 0.3 is 0 Å². The monoisotopic (exact) mass is 476 g/mol. The molecule has 3 N–H and O–H groups in total. The largest absolute Gasteiger partial charge is 0.326 e. The lowest BCUT2D eigenvalue weighted by Crippen LogP contribution is -2.51. The molecule has 1 aliphatic rings. The van der Waals surface area contributed by atoms with E-state index in [4.69, 9.17) is 0 Å². The second kappa shape index (κ2) is 9.96. The summed E-state index contributed by atoms with van der Waals surface area (Å²) < 4.78 is 0. The molecule has 0 bridgehead atoms. The van der Waals surface area contributed by atoms with Crippen LogP contribution in [0.15, 0.2) is 60.0 Å². The number of amides is 4. The molecule has 0 aliphatic carbocycles. The highest BCUT2D eigenvalue weighted by molar-refractivity contribution is 7.14. The molecule has 0 spiro atoms. The number of hydrogen-bond acceptors (Lipinski definition) is 6. The summed E-state index contributed by atoms with van der Waals surface area (Å²) in [4.78, 5) is 53.1. The van der Waals surface area contributed by atoms with Gasteiger partial charge in [0.05, 0.1) is 17.5 Å². The molecule has 4 rings (SSSR count). The number of anilines is 2. The van der Waals surface area contributed by atoms with E-state index in [1.165, 1.54) is 11.3 Å². The Morgan fingerprint density at radius 2 is 1.79 bits per heavy atom. The average Bonchev–Trinajstić information content (AvgIpc) is 3.27. The van der Waals surface area contributed by atoms with Gasteiger partial charge in [0.1, 0.15) is 0 Å². The number of hydrogen-bond donors (Lipinski definition) is 3. The molecule has 1 aliphatic heterocycles. The normalized spacial score (nSPS) is 17.7. The number of nitrogens with one attached hydrogen (secondary N) is 3. The van der Waals surface area contributed by atoms with E-state index >= 15 is 0 Å². The number of aromatic nitrogens is 1. The molecule has 2 heterocycles. The molecule has 1 aromatic heterocycles. The fraction of sp³-hybridized carbons (Fsp3) is 0.240. The fourth-order valence-electron chi connectivity index (χ4n) is 4.01. The van der Waals surface area contributed by atoms with E-state index in [2.05, 4.69) is 20.9 Å². The van der Waals surface area contributed by atoms with E-state index in [9.17, 15) is 19.2 Å². The summed E-state index contributed by atoms with van der Waals surface area (Å²) in [5, 5.41) is 10.2. The standard InChI is InChI=1S/C25H24N4O4S/c1-2-25(13-12-20(30)28-23(25)33)17-8-10-18(11-9-17)26-21(31)14-19-15-34-24(27-19)29-22(32)16-6-4-3-5-7-16/h3-11,15H,2,12-14H2,1H3,(H,26,31)(H,27,29,32)(H,28,30,33). The van der Waals surface area contributed by atoms with Gasteiger partial charge in [-0.15, -0.1) is 11.3 Å². The molecule has 2 aromatic carbocycles. The molecule has 1 saturated heterocycles. The molecular weight excluding hydrogens is 452 g/mol. The SMILES string of the molecule is CCC1(c2ccc(NC(=O)Cc3csc(NC(=O)c4ccccc4)n3)cc2)CCC(=O)NC1=O. The second-order valence-electron chi connectivity index (χ2n) is 8.08. The first-order valence-corrected chi connectivity index (χ1v) is 11.8. The van der Waals surface area contributed by atoms with Gasteiger partial charge in [0.15, 0.2) is 5.13 Å². The van der Waals surface area contributed by atoms with Crippen LogP contribution in [0.4, 0.5) is 10.8 Å². The van der Waals surface area contributed by atoms with Gasteiger partial charge < -0.3 is 5.32 Å². The van der Waals surface area contributed by atoms with Crippen LogP contribution in [-0.4, -0.2) is 28.6 Å². The maximum atomic E-state index is 12.5. The summed E-state index contributed by atoms with van der Waals surface area (Å²) in [6, 6.07) is 16.0. The minimum Gasteiger partial charge on any atom is -0.326 e. The number of rotatable bonds is 7. The molecule has 4 amide bonds. The van der Waals surface area contributed by atoms with Crippen LogP contribution in [0.1, 0.15) is 47.8 Å². The van der Waals surface area contributed by atoms with Crippen LogP contribution in [0, 0.1) is 0 Å². The lowest BCUT2D eigenvalue weighted by Gasteiger charge is -2.35. The maximum Gasteiger partial charge on any atom is 0.257 e. The maximum absolute atomic E-state index is 12.5. The Morgan fingerprint density at radius 1 is 1.06 bits per heavy atom. The van der Waals surface area contributed by atoms with Crippen LogP contribution in [0.2, 0.25) is 0 Å². The van der Waals surface area contributed by atoms with Crippen molar-refractivity contribution in [2.75, 3.05) is 10.6 Å². The predicted octanol–water partition coefficient (Wildman–Crippen LogP) is 3.66. The Balaban J connectivity index is 1.35. The first-order valence-electron chi connectivity index (χ1n) is 10.9. The van der Waals surface area contributed by atoms with Gasteiger partial charge in [-0.25, -0.2) is 4.98 Å². The van der Waals surface area contributed by atoms with Crippen molar-refractivity contribution in [1.82, 2.24) is 10.3 Å². The Hall–Kier alpha value is -3.85. The molecule has 1 fully saturated rings. The van der Waals surface area contributed by atoms with Crippen LogP contribution in [-0.2, 0) is 26.2 Å². The molecule has 1 unspecified atom stereocenters. The summed E-state index contributed by atoms with van der Waals surface area (Å²) in [7, 11) is 0. The smallest absolute Gasteiger partial charge is 0.257 e. The van der Waals surface area contributed by atoms with E-state index in [1.807, 2.05) is 25.1 Å². The van der Waals surface area contributed by atoms with Crippen molar-refractivity contribution in [3.05, 3.63) is 76.8 Å². The van der Waals surface area contributed by atoms with Crippen molar-refractivity contribution in [1.29, 1.82) is 0 Å². The Bertz CT molecular complexity index is 1220. The number of piperidine rings is 1. The van der Waals surface area contributed by atoms with Crippen LogP contribution >= 0.6 is 11.3 Å². The number of nitrogens with zero attached hydrogens (tertiary/aromatic N) is 1. The van der Waals surface area contributed by atoms with E-state index < -0.39 is 5.41 Å². The molecular formula is C25H24N4O4S. The topological polar surface area (TPSA) is 117 Å². The van der Waals surface area contributed by atoms with Gasteiger partial charge in [0, 0.05) is 23.1 Å². The lowest BCUT2D eigenvalue weighted by molar-refractivity contribution is -0.138. The van der Waals surface area contributed by atoms with Crippen molar-refractivity contribution in [2.45, 2.75) is 38.0 Å². The van der Waals surface area contributed by atoms with Crippen LogP contribution in [0.25, 0.3) is 0 Å². The summed E-state index contributed by atoms with van der Waals surface area (Å²) in [6.07, 6.45) is 1.40. The minimum absolute atomic E-state index is 0.0584. The third-order valence-electron chi connectivity index (χ3n) is 5.94. The van der Waals surface area contributed by atoms with E-state index in [-0.39, 0.29) is 30.0 Å². The van der Waals surface area contributed by atoms with Crippen molar-refractivity contribution in [3.63, 3.8) is 0 Å². The van der Waals surface area contributed by atoms with Gasteiger partial charge in [-0.3, -0.25) is 29.8 Å². The van der Waals surface area contributed by atoms with Crippen molar-refractivity contribution in [2.24, 2.45) is 0 Å². The number of carbonyl (C=O) groups excluding carboxylic acids is 4. The predicted molar refractivity (Wildman–Crippen MR) is 130 cm³/mol. The van der Waals surface area contributed by atoms with Crippen LogP contribution in [0.3, 0.4) is 0 Å². The average molecular weight is 477 g/mol. The highest BCUT2D eigenvalue weighted by atomic mass is 32.1. The molecule has 8 nitrogen and oxygen atoms in total. The molecule has 0 saturated carbocycles. The lowest BCUT2D eigenvalue weighted by atomic mass is 9.72. The zero-order valence-electron chi connectivity index (χ0n) is 18.6. The number of imide groups is 1. The second-order valence-corrected chi connectivity index (χ2v) is 8.94. The van der Waals surface area contributed by atoms with Crippen molar-refractivity contribution in [3.8, 4) is 0 Å². The molecule has 9 heteroatoms. The van der Waals surface area contributed by atoms with Gasteiger partial charge in [-0.2, -0.15) is 0 Å². The molecule has 0 radical (unpaired) electrons. The number of benzene rings is 2. The fourth-order valence-corrected chi connectivity index (χ4v) is 4.72. The summed E-state index contributed by atoms with van der Waals surface area (Å²) >= 11 is 1.26. The van der Waals surface area contributed by atoms with Crippen molar-refractivity contribution >= 4 is 45.8 Å². The number of carbonyl (C=O) groups is 4. The minimum atomic E-state index is -0.738. The summed E-state index contributed by atoms with van der Waals surface area (Å²) in [6.45, 7) is 1.93. The van der Waals surface area contributed by atoms with Gasteiger partial charge in [0.2, 0.25) is 17.7 Å². The van der Waals surface area contributed by atoms with Crippen LogP contribution < -0.4 is 16.0 Å². The van der Waals surface area contributed by atoms with E-state index in [0.29, 0.717) is 41.3 Å². The Kier molecular flexibility index (Phi) is 6.83. The third-order valence-corrected chi connectivity index (χ3v) is 6.75. The Morgan fingerprint density at radius 3 is 2.47 bits per heavy atom. The van der Waals surface area contributed by atoms with Gasteiger partial charge in [0.25, 0.3) is 5.91 Å². The van der Waals surface area contributed by atoms with E-state index in [1.54, 1.807) is 41.8 Å². The summed E-state index contributed by atoms with van der Waals surface area (Å²) in [5.41, 5.74) is 1.76. The quantitative estimate of drug-likeness (QED) is 0.450. The Labute approximate surface area is 200 Å². The highest BCUT2D eigenvalue weighted by Gasteiger charge is 2.42. The summed E-state index contributed by atoms with van der Waals surface area (Å²) in [5.74, 6) is -1.03. The molecule has 174 valence electrons. The molecule has 1 atom stereocenters. The van der Waals surface area contributed by atoms with Crippen LogP contribution in [0.5, 0.6) is 0 Å². The van der Waals surface area contributed by atoms with Gasteiger partial charge in [-0.05, 0) is 42.7 Å². The zero-order chi connectivity index (χ0) is 24.1. The first kappa shape index (κ1) is 23.3. The van der Waals surface area contributed by atoms with Crippen molar-refractivity contribution < 1.29 is 19.2 Å². The highest BCUT2D eigenvalue weighted by Crippen LogP contribution is 2.36. The third kappa shape index (κ3) is 5.04. The van der Waals surface area contributed by atoms with Gasteiger partial charge in [-0.1, -0.05) is 37.3 Å². The van der Waals surface area contributed by atoms with E-state index in [0.717, 1.165) is 5.56 Å². The molecule has 3 aromatic rings. The molecule has 34 heavy (non-hydrogen) atoms. The number of thiazole rings is 1.